The number of benzene rings is 1. The van der Waals surface area contributed by atoms with Gasteiger partial charge in [0, 0.05) is 29.9 Å². The summed E-state index contributed by atoms with van der Waals surface area (Å²) in [4.78, 5) is 7.73. The van der Waals surface area contributed by atoms with Crippen LogP contribution in [-0.4, -0.2) is 28.8 Å². The summed E-state index contributed by atoms with van der Waals surface area (Å²) < 4.78 is 0. The molecule has 0 saturated carbocycles. The zero-order valence-electron chi connectivity index (χ0n) is 11.5. The first kappa shape index (κ1) is 13.5. The lowest BCUT2D eigenvalue weighted by Gasteiger charge is -2.44. The third-order valence-electron chi connectivity index (χ3n) is 3.36. The van der Waals surface area contributed by atoms with Crippen LogP contribution in [0.25, 0.3) is 0 Å². The Kier molecular flexibility index (Phi) is 3.68. The van der Waals surface area contributed by atoms with E-state index in [0.29, 0.717) is 13.1 Å². The third-order valence-corrected chi connectivity index (χ3v) is 4.41. The van der Waals surface area contributed by atoms with Crippen LogP contribution in [0.5, 0.6) is 0 Å². The zero-order chi connectivity index (χ0) is 14.0. The molecule has 0 bridgehead atoms. The molecule has 1 N–H and O–H groups in total. The first-order valence-electron chi connectivity index (χ1n) is 6.72. The predicted octanol–water partition coefficient (Wildman–Crippen LogP) is 2.94. The van der Waals surface area contributed by atoms with Crippen LogP contribution in [0.15, 0.2) is 53.6 Å². The molecule has 0 atom stereocenters. The maximum Gasteiger partial charge on any atom is 0.128 e. The van der Waals surface area contributed by atoms with Crippen LogP contribution >= 0.6 is 11.8 Å². The number of β-amino-alcohol motifs (C(OH)–C–C–N with tert-alkyl or cyclic N) is 1. The van der Waals surface area contributed by atoms with Gasteiger partial charge in [0.25, 0.3) is 0 Å². The second-order valence-electron chi connectivity index (χ2n) is 5.48. The highest BCUT2D eigenvalue weighted by Gasteiger charge is 2.37. The predicted molar refractivity (Wildman–Crippen MR) is 83.1 cm³/mol. The van der Waals surface area contributed by atoms with Crippen LogP contribution in [0.1, 0.15) is 12.5 Å². The maximum atomic E-state index is 9.74. The highest BCUT2D eigenvalue weighted by atomic mass is 32.2. The van der Waals surface area contributed by atoms with E-state index in [1.165, 1.54) is 10.5 Å². The van der Waals surface area contributed by atoms with E-state index in [-0.39, 0.29) is 0 Å². The van der Waals surface area contributed by atoms with E-state index in [0.717, 1.165) is 11.6 Å². The van der Waals surface area contributed by atoms with Crippen molar-refractivity contribution >= 4 is 17.6 Å². The highest BCUT2D eigenvalue weighted by Crippen LogP contribution is 2.28. The lowest BCUT2D eigenvalue weighted by atomic mass is 9.97. The first-order chi connectivity index (χ1) is 9.62. The number of pyridine rings is 1. The van der Waals surface area contributed by atoms with Crippen LogP contribution in [0, 0.1) is 0 Å². The maximum absolute atomic E-state index is 9.74. The van der Waals surface area contributed by atoms with Crippen molar-refractivity contribution in [3.05, 3.63) is 54.2 Å². The normalized spacial score (nSPS) is 16.8. The average molecular weight is 286 g/mol. The van der Waals surface area contributed by atoms with Gasteiger partial charge in [0.15, 0.2) is 0 Å². The molecule has 104 valence electrons. The number of aromatic nitrogens is 1. The molecule has 1 aromatic carbocycles. The van der Waals surface area contributed by atoms with Gasteiger partial charge >= 0.3 is 0 Å². The van der Waals surface area contributed by atoms with Gasteiger partial charge in [-0.25, -0.2) is 4.98 Å². The van der Waals surface area contributed by atoms with E-state index in [9.17, 15) is 5.11 Å². The Balaban J connectivity index is 1.57. The van der Waals surface area contributed by atoms with Crippen LogP contribution in [0.3, 0.4) is 0 Å². The molecule has 3 rings (SSSR count). The zero-order valence-corrected chi connectivity index (χ0v) is 12.3. The minimum atomic E-state index is -0.553. The molecule has 4 heteroatoms. The third kappa shape index (κ3) is 3.14. The standard InChI is InChI=1S/C16H18N2OS/c1-16(19)11-18(12-16)15-8-7-14(9-17-15)20-10-13-5-3-2-4-6-13/h2-9,19H,10-12H2,1H3. The van der Waals surface area contributed by atoms with Crippen molar-refractivity contribution in [2.75, 3.05) is 18.0 Å². The Bertz CT molecular complexity index is 561. The van der Waals surface area contributed by atoms with E-state index in [2.05, 4.69) is 40.2 Å². The van der Waals surface area contributed by atoms with Gasteiger partial charge in [0.1, 0.15) is 5.82 Å². The number of hydrogen-bond acceptors (Lipinski definition) is 4. The Morgan fingerprint density at radius 1 is 1.20 bits per heavy atom. The van der Waals surface area contributed by atoms with Gasteiger partial charge in [-0.2, -0.15) is 0 Å². The Morgan fingerprint density at radius 2 is 1.95 bits per heavy atom. The van der Waals surface area contributed by atoms with E-state index in [1.807, 2.05) is 25.3 Å². The molecule has 0 aliphatic carbocycles. The summed E-state index contributed by atoms with van der Waals surface area (Å²) in [6, 6.07) is 14.6. The molecule has 2 aromatic rings. The summed E-state index contributed by atoms with van der Waals surface area (Å²) in [5.41, 5.74) is 0.767. The minimum absolute atomic E-state index is 0.553. The number of nitrogens with zero attached hydrogens (tertiary/aromatic N) is 2. The number of aliphatic hydroxyl groups is 1. The van der Waals surface area contributed by atoms with E-state index < -0.39 is 5.60 Å². The molecule has 1 fully saturated rings. The summed E-state index contributed by atoms with van der Waals surface area (Å²) in [7, 11) is 0. The molecule has 0 amide bonds. The van der Waals surface area contributed by atoms with Crippen molar-refractivity contribution in [2.45, 2.75) is 23.2 Å². The van der Waals surface area contributed by atoms with Gasteiger partial charge in [-0.05, 0) is 24.6 Å². The molecule has 0 spiro atoms. The first-order valence-corrected chi connectivity index (χ1v) is 7.71. The summed E-state index contributed by atoms with van der Waals surface area (Å²) in [5, 5.41) is 9.74. The van der Waals surface area contributed by atoms with Crippen molar-refractivity contribution < 1.29 is 5.11 Å². The second-order valence-corrected chi connectivity index (χ2v) is 6.53. The van der Waals surface area contributed by atoms with Crippen LogP contribution in [-0.2, 0) is 5.75 Å². The average Bonchev–Trinajstić information content (AvgIpc) is 2.44. The quantitative estimate of drug-likeness (QED) is 0.877. The molecule has 1 aromatic heterocycles. The molecule has 0 radical (unpaired) electrons. The van der Waals surface area contributed by atoms with Crippen LogP contribution in [0.4, 0.5) is 5.82 Å². The summed E-state index contributed by atoms with van der Waals surface area (Å²) in [5.74, 6) is 1.90. The smallest absolute Gasteiger partial charge is 0.128 e. The minimum Gasteiger partial charge on any atom is -0.386 e. The molecular formula is C16H18N2OS. The second kappa shape index (κ2) is 5.46. The van der Waals surface area contributed by atoms with Gasteiger partial charge < -0.3 is 10.0 Å². The lowest BCUT2D eigenvalue weighted by molar-refractivity contribution is 0.0305. The SMILES string of the molecule is CC1(O)CN(c2ccc(SCc3ccccc3)cn2)C1. The Hall–Kier alpha value is -1.52. The fourth-order valence-electron chi connectivity index (χ4n) is 2.32. The Labute approximate surface area is 123 Å². The Morgan fingerprint density at radius 3 is 2.55 bits per heavy atom. The molecule has 1 aliphatic heterocycles. The molecule has 2 heterocycles. The molecule has 0 unspecified atom stereocenters. The van der Waals surface area contributed by atoms with E-state index in [4.69, 9.17) is 0 Å². The number of rotatable bonds is 4. The molecular weight excluding hydrogens is 268 g/mol. The fraction of sp³-hybridized carbons (Fsp3) is 0.312. The summed E-state index contributed by atoms with van der Waals surface area (Å²) in [6.45, 7) is 3.18. The van der Waals surface area contributed by atoms with E-state index in [1.54, 1.807) is 11.8 Å². The number of hydrogen-bond donors (Lipinski definition) is 1. The molecule has 20 heavy (non-hydrogen) atoms. The number of thioether (sulfide) groups is 1. The van der Waals surface area contributed by atoms with Crippen molar-refractivity contribution in [2.24, 2.45) is 0 Å². The van der Waals surface area contributed by atoms with Crippen LogP contribution < -0.4 is 4.90 Å². The topological polar surface area (TPSA) is 36.4 Å². The largest absolute Gasteiger partial charge is 0.386 e. The van der Waals surface area contributed by atoms with Gasteiger partial charge in [-0.15, -0.1) is 11.8 Å². The van der Waals surface area contributed by atoms with Gasteiger partial charge in [-0.1, -0.05) is 30.3 Å². The van der Waals surface area contributed by atoms with Gasteiger partial charge in [0.05, 0.1) is 5.60 Å². The summed E-state index contributed by atoms with van der Waals surface area (Å²) in [6.07, 6.45) is 1.91. The molecule has 3 nitrogen and oxygen atoms in total. The van der Waals surface area contributed by atoms with Crippen molar-refractivity contribution in [3.63, 3.8) is 0 Å². The van der Waals surface area contributed by atoms with Gasteiger partial charge in [0.2, 0.25) is 0 Å². The van der Waals surface area contributed by atoms with Crippen LogP contribution in [0.2, 0.25) is 0 Å². The number of anilines is 1. The molecule has 1 saturated heterocycles. The fourth-order valence-corrected chi connectivity index (χ4v) is 3.14. The lowest BCUT2D eigenvalue weighted by Crippen LogP contribution is -2.60. The van der Waals surface area contributed by atoms with Gasteiger partial charge in [-0.3, -0.25) is 0 Å². The van der Waals surface area contributed by atoms with E-state index >= 15 is 0 Å². The highest BCUT2D eigenvalue weighted by molar-refractivity contribution is 7.98. The van der Waals surface area contributed by atoms with Crippen molar-refractivity contribution in [3.8, 4) is 0 Å². The van der Waals surface area contributed by atoms with Crippen molar-refractivity contribution in [1.82, 2.24) is 4.98 Å². The summed E-state index contributed by atoms with van der Waals surface area (Å²) >= 11 is 1.79. The molecule has 1 aliphatic rings. The monoisotopic (exact) mass is 286 g/mol. The van der Waals surface area contributed by atoms with Crippen molar-refractivity contribution in [1.29, 1.82) is 0 Å².